The highest BCUT2D eigenvalue weighted by Crippen LogP contribution is 2.40. The van der Waals surface area contributed by atoms with Crippen LogP contribution in [0, 0.1) is 23.3 Å². The van der Waals surface area contributed by atoms with E-state index >= 15 is 0 Å². The van der Waals surface area contributed by atoms with Crippen molar-refractivity contribution < 1.29 is 36.7 Å². The van der Waals surface area contributed by atoms with Gasteiger partial charge < -0.3 is 75.3 Å². The molecular weight excluding hydrogens is 1960 g/mol. The number of amides is 4. The number of nitrogens with zero attached hydrogens (tertiary/aromatic N) is 16. The Balaban J connectivity index is 0.000000124. The molecule has 2 saturated heterocycles. The highest BCUT2D eigenvalue weighted by molar-refractivity contribution is 7.20. The number of carbonyl (C=O) groups excluding carboxylic acids is 4. The largest absolute Gasteiger partial charge is 0.397 e. The average molecular weight is 2060 g/mol. The van der Waals surface area contributed by atoms with E-state index in [1.54, 1.807) is 96.0 Å². The van der Waals surface area contributed by atoms with Crippen LogP contribution in [0.3, 0.4) is 0 Å². The van der Waals surface area contributed by atoms with Gasteiger partial charge in [-0.05, 0) is 261 Å². The molecule has 0 spiro atoms. The molecule has 32 nitrogen and oxygen atoms in total. The van der Waals surface area contributed by atoms with Crippen LogP contribution in [0.4, 0.5) is 106 Å². The predicted octanol–water partition coefficient (Wildman–Crippen LogP) is 22.0. The first kappa shape index (κ1) is 99.6. The van der Waals surface area contributed by atoms with Gasteiger partial charge in [0.15, 0.2) is 20.5 Å². The summed E-state index contributed by atoms with van der Waals surface area (Å²) in [6.07, 6.45) is 25.9. The maximum atomic E-state index is 14.9. The number of hydrogen-bond donors (Lipinski definition) is 12. The second kappa shape index (κ2) is 45.0. The summed E-state index contributed by atoms with van der Waals surface area (Å²) in [4.78, 5) is 99.4. The zero-order valence-corrected chi connectivity index (χ0v) is 83.7. The zero-order chi connectivity index (χ0) is 103. The second-order valence-electron chi connectivity index (χ2n) is 35.5. The second-order valence-corrected chi connectivity index (χ2v) is 39.7. The molecule has 148 heavy (non-hydrogen) atoms. The van der Waals surface area contributed by atoms with E-state index in [0.717, 1.165) is 136 Å². The number of pyridine rings is 4. The number of fused-ring (bicyclic) bond motifs is 4. The maximum absolute atomic E-state index is 14.9. The van der Waals surface area contributed by atoms with Crippen LogP contribution < -0.4 is 65.5 Å². The molecular formula is C108H100F4N28O4S4. The molecule has 748 valence electrons. The quantitative estimate of drug-likeness (QED) is 0.0160. The van der Waals surface area contributed by atoms with Crippen molar-refractivity contribution in [3.05, 3.63) is 361 Å². The van der Waals surface area contributed by atoms with E-state index in [4.69, 9.17) is 22.9 Å². The van der Waals surface area contributed by atoms with Crippen molar-refractivity contribution in [2.45, 2.75) is 51.9 Å². The van der Waals surface area contributed by atoms with Crippen LogP contribution in [0.15, 0.2) is 293 Å². The molecule has 0 bridgehead atoms. The lowest BCUT2D eigenvalue weighted by molar-refractivity contribution is 0.101. The highest BCUT2D eigenvalue weighted by atomic mass is 32.1. The van der Waals surface area contributed by atoms with E-state index in [1.807, 2.05) is 142 Å². The number of nitrogen functional groups attached to an aromatic ring is 4. The van der Waals surface area contributed by atoms with Gasteiger partial charge in [0.05, 0.1) is 113 Å². The van der Waals surface area contributed by atoms with Crippen LogP contribution in [0.2, 0.25) is 0 Å². The molecule has 0 saturated carbocycles. The number of thiazole rings is 4. The lowest BCUT2D eigenvalue weighted by atomic mass is 10.1. The van der Waals surface area contributed by atoms with Gasteiger partial charge in [-0.3, -0.25) is 46.6 Å². The van der Waals surface area contributed by atoms with E-state index in [9.17, 15) is 36.7 Å². The Kier molecular flexibility index (Phi) is 30.3. The smallest absolute Gasteiger partial charge is 0.255 e. The third-order valence-corrected chi connectivity index (χ3v) is 28.0. The standard InChI is InChI=1S/2C28H27N7OS.2C26H23F2N7OS/c29-22-5-1-2-6-23(22)33-27(36)20-8-10-21(11-9-20)32-28-31-16-25(37-28)24-15-30-26-12-7-19(18-35(24)26)17-34-13-3-4-14-34;29-22-5-1-2-6-23(22)33-27(36)20-7-9-21(10-8-20)32-28-31-17-25(37-28)24-16-30-26-15-19(11-14-35(24)26)18-34-12-3-4-13-34;1-34(2)14-16-5-4-10-35-21(12-30-24(16)35)22-13-31-26(37-22)32-20-9-8-15(11-18(20)28)25(36)33-23-17(27)6-3-7-19(23)29;1-34(2)14-16-5-3-8-23-30-12-21(35(16)23)22-13-31-26(37-22)32-20-10-9-15(11-18(20)28)25(36)33-24-17(27)6-4-7-19(24)29/h1-2,5-12,15-16,18H,3-4,13-14,17,29H2,(H,31,32)(H,33,36);1-2,5-11,14-17H,3-4,12-13,18,29H2,(H,31,32)(H,33,36);2*3-13H,14,29H2,1-2H3,(H,31,32)(H,33,36). The van der Waals surface area contributed by atoms with E-state index in [1.165, 1.54) is 146 Å². The van der Waals surface area contributed by atoms with Crippen molar-refractivity contribution in [1.29, 1.82) is 0 Å². The van der Waals surface area contributed by atoms with Crippen molar-refractivity contribution in [3.63, 3.8) is 0 Å². The Morgan fingerprint density at radius 3 is 1.28 bits per heavy atom. The molecule has 2 aliphatic rings. The van der Waals surface area contributed by atoms with Crippen LogP contribution in [0.5, 0.6) is 0 Å². The van der Waals surface area contributed by atoms with Crippen molar-refractivity contribution in [3.8, 4) is 42.3 Å². The van der Waals surface area contributed by atoms with Crippen molar-refractivity contribution >= 4 is 180 Å². The summed E-state index contributed by atoms with van der Waals surface area (Å²) in [6, 6.07) is 63.6. The van der Waals surface area contributed by atoms with Gasteiger partial charge >= 0.3 is 0 Å². The number of benzene rings is 8. The third kappa shape index (κ3) is 23.6. The molecule has 2 aliphatic heterocycles. The molecule has 20 aromatic rings. The fourth-order valence-electron chi connectivity index (χ4n) is 17.0. The van der Waals surface area contributed by atoms with Crippen LogP contribution >= 0.6 is 45.3 Å². The Hall–Kier alpha value is -17.1. The molecule has 0 aliphatic carbocycles. The minimum absolute atomic E-state index is 0.0182. The van der Waals surface area contributed by atoms with Crippen LogP contribution in [-0.4, -0.2) is 155 Å². The number of anilines is 16. The number of rotatable bonds is 28. The molecule has 22 rings (SSSR count). The van der Waals surface area contributed by atoms with E-state index in [-0.39, 0.29) is 57.1 Å². The normalized spacial score (nSPS) is 12.5. The van der Waals surface area contributed by atoms with Crippen molar-refractivity contribution in [2.24, 2.45) is 0 Å². The predicted molar refractivity (Wildman–Crippen MR) is 583 cm³/mol. The molecule has 4 amide bonds. The van der Waals surface area contributed by atoms with Gasteiger partial charge in [0.2, 0.25) is 0 Å². The third-order valence-electron chi connectivity index (χ3n) is 24.3. The van der Waals surface area contributed by atoms with Gasteiger partial charge in [0.1, 0.15) is 57.2 Å². The zero-order valence-electron chi connectivity index (χ0n) is 80.4. The number of nitrogens with one attached hydrogen (secondary N) is 8. The Labute approximate surface area is 862 Å². The number of halogens is 4. The lowest BCUT2D eigenvalue weighted by Gasteiger charge is -2.14. The molecule has 0 radical (unpaired) electrons. The monoisotopic (exact) mass is 2060 g/mol. The van der Waals surface area contributed by atoms with E-state index < -0.39 is 35.1 Å². The number of carbonyl (C=O) groups is 4. The summed E-state index contributed by atoms with van der Waals surface area (Å²) in [5, 5.41) is 25.6. The summed E-state index contributed by atoms with van der Waals surface area (Å²) in [7, 11) is 8.02. The van der Waals surface area contributed by atoms with Gasteiger partial charge in [-0.2, -0.15) is 0 Å². The SMILES string of the molecule is CN(C)Cc1cccc2ncc(-c3cnc(Nc4ccc(C(=O)Nc5c(N)cccc5F)cc4F)s3)n12.CN(C)Cc1cccn2c(-c3cnc(Nc4ccc(C(=O)Nc5c(N)cccc5F)cc4F)s3)cnc12.Nc1ccccc1NC(=O)c1ccc(Nc2ncc(-c3cnc4cc(CN5CCCC5)ccn34)s2)cc1.Nc1ccccc1NC(=O)c1ccc(Nc2ncc(-c3cnc4ccc(CN5CCCC5)cn34)s2)cc1. The highest BCUT2D eigenvalue weighted by Gasteiger charge is 2.25. The van der Waals surface area contributed by atoms with E-state index in [0.29, 0.717) is 44.1 Å². The van der Waals surface area contributed by atoms with Crippen molar-refractivity contribution in [1.82, 2.24) is 77.1 Å². The fraction of sp³-hybridized carbons (Fsp3) is 0.148. The first-order chi connectivity index (χ1) is 71.8. The number of aromatic nitrogens is 12. The summed E-state index contributed by atoms with van der Waals surface area (Å²) >= 11 is 5.83. The van der Waals surface area contributed by atoms with Crippen LogP contribution in [0.1, 0.15) is 89.5 Å². The molecule has 16 N–H and O–H groups in total. The molecule has 8 aromatic carbocycles. The Bertz CT molecular complexity index is 8190. The lowest BCUT2D eigenvalue weighted by Crippen LogP contribution is -2.18. The molecule has 14 heterocycles. The van der Waals surface area contributed by atoms with Gasteiger partial charge in [0.25, 0.3) is 23.6 Å². The summed E-state index contributed by atoms with van der Waals surface area (Å²) in [5.74, 6) is -4.45. The van der Waals surface area contributed by atoms with Gasteiger partial charge in [-0.25, -0.2) is 57.4 Å². The van der Waals surface area contributed by atoms with Crippen LogP contribution in [0.25, 0.3) is 64.9 Å². The molecule has 0 unspecified atom stereocenters. The average Bonchev–Trinajstić information content (AvgIpc) is 1.63. The Morgan fingerprint density at radius 1 is 0.345 bits per heavy atom. The summed E-state index contributed by atoms with van der Waals surface area (Å²) in [6.45, 7) is 8.15. The van der Waals surface area contributed by atoms with Gasteiger partial charge in [-0.1, -0.05) is 99.9 Å². The molecule has 2 fully saturated rings. The number of imidazole rings is 4. The fourth-order valence-corrected chi connectivity index (χ4v) is 20.3. The number of hydrogen-bond acceptors (Lipinski definition) is 28. The number of likely N-dealkylation sites (tertiary alicyclic amines) is 2. The minimum atomic E-state index is -0.681. The molecule has 40 heteroatoms. The summed E-state index contributed by atoms with van der Waals surface area (Å²) in [5.41, 5.74) is 40.7. The molecule has 0 atom stereocenters. The van der Waals surface area contributed by atoms with Crippen LogP contribution in [-0.2, 0) is 26.2 Å². The topological polar surface area (TPSA) is 402 Å². The Morgan fingerprint density at radius 2 is 0.777 bits per heavy atom. The maximum Gasteiger partial charge on any atom is 0.255 e. The number of nitrogens with two attached hydrogens (primary N) is 4. The van der Waals surface area contributed by atoms with Gasteiger partial charge in [-0.15, -0.1) is 0 Å². The van der Waals surface area contributed by atoms with E-state index in [2.05, 4.69) is 152 Å². The number of para-hydroxylation sites is 6. The first-order valence-corrected chi connectivity index (χ1v) is 50.4. The van der Waals surface area contributed by atoms with Gasteiger partial charge in [0, 0.05) is 114 Å². The molecule has 12 aromatic heterocycles. The minimum Gasteiger partial charge on any atom is -0.397 e. The van der Waals surface area contributed by atoms with Crippen molar-refractivity contribution in [2.75, 3.05) is 120 Å². The summed E-state index contributed by atoms with van der Waals surface area (Å²) < 4.78 is 66.0. The first-order valence-electron chi connectivity index (χ1n) is 47.2.